The zero-order valence-electron chi connectivity index (χ0n) is 9.69. The fourth-order valence-electron chi connectivity index (χ4n) is 2.56. The lowest BCUT2D eigenvalue weighted by atomic mass is 10.0. The molecule has 0 N–H and O–H groups in total. The first-order valence-corrected chi connectivity index (χ1v) is 7.14. The summed E-state index contributed by atoms with van der Waals surface area (Å²) in [6.07, 6.45) is 1.94. The molecule has 0 radical (unpaired) electrons. The van der Waals surface area contributed by atoms with E-state index in [2.05, 4.69) is 51.8 Å². The second-order valence-electron chi connectivity index (χ2n) is 4.57. The minimum Gasteiger partial charge on any atom is -0.371 e. The SMILES string of the molecule is Ic1cccc(N2CCC3(CC2)OCCO3)c1. The normalized spacial score (nSPS) is 23.2. The highest BCUT2D eigenvalue weighted by molar-refractivity contribution is 14.1. The molecule has 2 aliphatic heterocycles. The Balaban J connectivity index is 1.68. The van der Waals surface area contributed by atoms with Gasteiger partial charge in [-0.25, -0.2) is 0 Å². The number of ether oxygens (including phenoxy) is 2. The minimum atomic E-state index is -0.265. The molecule has 3 nitrogen and oxygen atoms in total. The summed E-state index contributed by atoms with van der Waals surface area (Å²) in [5.41, 5.74) is 1.31. The van der Waals surface area contributed by atoms with E-state index in [1.165, 1.54) is 9.26 Å². The van der Waals surface area contributed by atoms with Crippen molar-refractivity contribution < 1.29 is 9.47 Å². The molecule has 2 heterocycles. The van der Waals surface area contributed by atoms with Gasteiger partial charge in [-0.3, -0.25) is 0 Å². The van der Waals surface area contributed by atoms with E-state index in [-0.39, 0.29) is 5.79 Å². The van der Waals surface area contributed by atoms with Crippen LogP contribution in [0.25, 0.3) is 0 Å². The maximum absolute atomic E-state index is 5.74. The minimum absolute atomic E-state index is 0.265. The molecule has 92 valence electrons. The Morgan fingerprint density at radius 2 is 1.82 bits per heavy atom. The van der Waals surface area contributed by atoms with E-state index in [0.29, 0.717) is 0 Å². The third-order valence-corrected chi connectivity index (χ3v) is 4.18. The molecule has 1 aromatic carbocycles. The van der Waals surface area contributed by atoms with Crippen LogP contribution in [-0.2, 0) is 9.47 Å². The fraction of sp³-hybridized carbons (Fsp3) is 0.538. The molecule has 2 saturated heterocycles. The summed E-state index contributed by atoms with van der Waals surface area (Å²) >= 11 is 2.36. The molecule has 0 aromatic heterocycles. The monoisotopic (exact) mass is 345 g/mol. The van der Waals surface area contributed by atoms with Gasteiger partial charge in [-0.15, -0.1) is 0 Å². The van der Waals surface area contributed by atoms with Crippen molar-refractivity contribution in [2.45, 2.75) is 18.6 Å². The number of piperidine rings is 1. The van der Waals surface area contributed by atoms with Crippen LogP contribution in [0.2, 0.25) is 0 Å². The Kier molecular flexibility index (Phi) is 3.28. The van der Waals surface area contributed by atoms with Gasteiger partial charge in [0.15, 0.2) is 5.79 Å². The highest BCUT2D eigenvalue weighted by atomic mass is 127. The van der Waals surface area contributed by atoms with Crippen LogP contribution in [0.5, 0.6) is 0 Å². The van der Waals surface area contributed by atoms with Gasteiger partial charge >= 0.3 is 0 Å². The van der Waals surface area contributed by atoms with Crippen LogP contribution in [0.4, 0.5) is 5.69 Å². The summed E-state index contributed by atoms with van der Waals surface area (Å²) < 4.78 is 12.8. The third-order valence-electron chi connectivity index (χ3n) is 3.51. The fourth-order valence-corrected chi connectivity index (χ4v) is 3.09. The van der Waals surface area contributed by atoms with Crippen LogP contribution in [-0.4, -0.2) is 32.1 Å². The van der Waals surface area contributed by atoms with Gasteiger partial charge in [0.25, 0.3) is 0 Å². The highest BCUT2D eigenvalue weighted by Crippen LogP contribution is 2.33. The summed E-state index contributed by atoms with van der Waals surface area (Å²) in [7, 11) is 0. The Morgan fingerprint density at radius 1 is 1.12 bits per heavy atom. The summed E-state index contributed by atoms with van der Waals surface area (Å²) in [4.78, 5) is 2.42. The number of hydrogen-bond acceptors (Lipinski definition) is 3. The lowest BCUT2D eigenvalue weighted by Crippen LogP contribution is -2.45. The van der Waals surface area contributed by atoms with Crippen LogP contribution in [0.1, 0.15) is 12.8 Å². The van der Waals surface area contributed by atoms with Gasteiger partial charge in [0.1, 0.15) is 0 Å². The molecule has 2 fully saturated rings. The summed E-state index contributed by atoms with van der Waals surface area (Å²) in [6.45, 7) is 3.53. The molecule has 3 rings (SSSR count). The molecule has 0 unspecified atom stereocenters. The van der Waals surface area contributed by atoms with Gasteiger partial charge in [0.05, 0.1) is 13.2 Å². The molecule has 17 heavy (non-hydrogen) atoms. The molecule has 4 heteroatoms. The predicted molar refractivity (Wildman–Crippen MR) is 75.2 cm³/mol. The van der Waals surface area contributed by atoms with E-state index in [0.717, 1.165) is 39.1 Å². The summed E-state index contributed by atoms with van der Waals surface area (Å²) in [6, 6.07) is 8.65. The van der Waals surface area contributed by atoms with Gasteiger partial charge in [0, 0.05) is 35.2 Å². The largest absolute Gasteiger partial charge is 0.371 e. The van der Waals surface area contributed by atoms with E-state index in [1.54, 1.807) is 0 Å². The molecule has 0 saturated carbocycles. The molecule has 1 spiro atoms. The topological polar surface area (TPSA) is 21.7 Å². The van der Waals surface area contributed by atoms with Crippen molar-refractivity contribution in [2.24, 2.45) is 0 Å². The van der Waals surface area contributed by atoms with Gasteiger partial charge < -0.3 is 14.4 Å². The van der Waals surface area contributed by atoms with Crippen molar-refractivity contribution in [1.82, 2.24) is 0 Å². The van der Waals surface area contributed by atoms with Gasteiger partial charge in [-0.1, -0.05) is 6.07 Å². The molecular weight excluding hydrogens is 329 g/mol. The van der Waals surface area contributed by atoms with Crippen molar-refractivity contribution in [3.63, 3.8) is 0 Å². The average molecular weight is 345 g/mol. The Labute approximate surface area is 115 Å². The molecule has 0 atom stereocenters. The molecule has 0 aliphatic carbocycles. The second kappa shape index (κ2) is 4.74. The van der Waals surface area contributed by atoms with Crippen molar-refractivity contribution in [2.75, 3.05) is 31.2 Å². The predicted octanol–water partition coefficient (Wildman–Crippen LogP) is 2.63. The third kappa shape index (κ3) is 2.44. The quantitative estimate of drug-likeness (QED) is 0.731. The average Bonchev–Trinajstić information content (AvgIpc) is 2.79. The van der Waals surface area contributed by atoms with Crippen LogP contribution >= 0.6 is 22.6 Å². The number of hydrogen-bond donors (Lipinski definition) is 0. The summed E-state index contributed by atoms with van der Waals surface area (Å²) in [5.74, 6) is -0.265. The Hall–Kier alpha value is -0.330. The molecule has 2 aliphatic rings. The highest BCUT2D eigenvalue weighted by Gasteiger charge is 2.39. The second-order valence-corrected chi connectivity index (χ2v) is 5.82. The Bertz CT molecular complexity index is 394. The van der Waals surface area contributed by atoms with E-state index in [4.69, 9.17) is 9.47 Å². The molecule has 0 bridgehead atoms. The standard InChI is InChI=1S/C13H16INO2/c14-11-2-1-3-12(10-11)15-6-4-13(5-7-15)16-8-9-17-13/h1-3,10H,4-9H2. The van der Waals surface area contributed by atoms with Crippen LogP contribution in [0.3, 0.4) is 0 Å². The van der Waals surface area contributed by atoms with Crippen LogP contribution in [0, 0.1) is 3.57 Å². The van der Waals surface area contributed by atoms with E-state index >= 15 is 0 Å². The van der Waals surface area contributed by atoms with Crippen LogP contribution < -0.4 is 4.90 Å². The molecule has 1 aromatic rings. The first-order valence-electron chi connectivity index (χ1n) is 6.06. The zero-order valence-corrected chi connectivity index (χ0v) is 11.9. The number of rotatable bonds is 1. The summed E-state index contributed by atoms with van der Waals surface area (Å²) in [5, 5.41) is 0. The van der Waals surface area contributed by atoms with Gasteiger partial charge in [0.2, 0.25) is 0 Å². The van der Waals surface area contributed by atoms with Crippen molar-refractivity contribution in [3.05, 3.63) is 27.8 Å². The van der Waals surface area contributed by atoms with Crippen LogP contribution in [0.15, 0.2) is 24.3 Å². The Morgan fingerprint density at radius 3 is 2.47 bits per heavy atom. The van der Waals surface area contributed by atoms with Crippen molar-refractivity contribution >= 4 is 28.3 Å². The number of halogens is 1. The van der Waals surface area contributed by atoms with Crippen molar-refractivity contribution in [1.29, 1.82) is 0 Å². The van der Waals surface area contributed by atoms with Gasteiger partial charge in [-0.2, -0.15) is 0 Å². The lowest BCUT2D eigenvalue weighted by Gasteiger charge is -2.38. The molecule has 0 amide bonds. The first kappa shape index (κ1) is 11.7. The van der Waals surface area contributed by atoms with E-state index < -0.39 is 0 Å². The van der Waals surface area contributed by atoms with Crippen molar-refractivity contribution in [3.8, 4) is 0 Å². The maximum atomic E-state index is 5.74. The number of nitrogens with zero attached hydrogens (tertiary/aromatic N) is 1. The smallest absolute Gasteiger partial charge is 0.171 e. The van der Waals surface area contributed by atoms with E-state index in [9.17, 15) is 0 Å². The molecular formula is C13H16INO2. The van der Waals surface area contributed by atoms with E-state index in [1.807, 2.05) is 0 Å². The van der Waals surface area contributed by atoms with Gasteiger partial charge in [-0.05, 0) is 40.8 Å². The zero-order chi connectivity index (χ0) is 11.7. The number of anilines is 1. The maximum Gasteiger partial charge on any atom is 0.171 e. The lowest BCUT2D eigenvalue weighted by molar-refractivity contribution is -0.169. The number of benzene rings is 1. The first-order chi connectivity index (χ1) is 8.27.